The van der Waals surface area contributed by atoms with E-state index in [9.17, 15) is 14.0 Å². The molecule has 0 radical (unpaired) electrons. The number of hydrogen-bond acceptors (Lipinski definition) is 2. The van der Waals surface area contributed by atoms with Crippen molar-refractivity contribution in [1.29, 1.82) is 0 Å². The number of hydrogen-bond donors (Lipinski definition) is 1. The Morgan fingerprint density at radius 2 is 1.71 bits per heavy atom. The normalized spacial score (nSPS) is 15.0. The Hall–Kier alpha value is -2.89. The van der Waals surface area contributed by atoms with Crippen LogP contribution in [0.25, 0.3) is 0 Å². The first-order valence-electron chi connectivity index (χ1n) is 9.63. The fourth-order valence-electron chi connectivity index (χ4n) is 3.33. The second-order valence-electron chi connectivity index (χ2n) is 7.24. The lowest BCUT2D eigenvalue weighted by molar-refractivity contribution is -0.122. The van der Waals surface area contributed by atoms with E-state index < -0.39 is 0 Å². The van der Waals surface area contributed by atoms with E-state index in [1.807, 2.05) is 25.1 Å². The monoisotopic (exact) mass is 383 g/mol. The maximum absolute atomic E-state index is 13.0. The topological polar surface area (TPSA) is 52.7 Å². The Kier molecular flexibility index (Phi) is 6.63. The summed E-state index contributed by atoms with van der Waals surface area (Å²) in [7, 11) is 0. The van der Waals surface area contributed by atoms with Crippen LogP contribution in [0.5, 0.6) is 0 Å². The van der Waals surface area contributed by atoms with Gasteiger partial charge in [-0.05, 0) is 43.0 Å². The number of nitrogens with one attached hydrogen (secondary N) is 1. The van der Waals surface area contributed by atoms with Gasteiger partial charge in [0, 0.05) is 25.7 Å². The van der Waals surface area contributed by atoms with Crippen molar-refractivity contribution in [3.05, 3.63) is 71.5 Å². The van der Waals surface area contributed by atoms with Gasteiger partial charge in [-0.25, -0.2) is 9.18 Å². The second-order valence-corrected chi connectivity index (χ2v) is 7.24. The second kappa shape index (κ2) is 9.35. The van der Waals surface area contributed by atoms with Gasteiger partial charge in [0.25, 0.3) is 0 Å². The first-order valence-corrected chi connectivity index (χ1v) is 9.63. The van der Waals surface area contributed by atoms with Crippen LogP contribution in [-0.2, 0) is 17.8 Å². The summed E-state index contributed by atoms with van der Waals surface area (Å²) >= 11 is 0. The van der Waals surface area contributed by atoms with Crippen molar-refractivity contribution in [3.63, 3.8) is 0 Å². The molecule has 0 aromatic heterocycles. The first-order chi connectivity index (χ1) is 13.5. The van der Waals surface area contributed by atoms with Crippen LogP contribution < -0.4 is 5.32 Å². The van der Waals surface area contributed by atoms with E-state index in [1.54, 1.807) is 21.9 Å². The van der Waals surface area contributed by atoms with E-state index in [0.717, 1.165) is 18.4 Å². The maximum atomic E-state index is 13.0. The molecule has 0 aliphatic carbocycles. The predicted molar refractivity (Wildman–Crippen MR) is 106 cm³/mol. The van der Waals surface area contributed by atoms with Crippen molar-refractivity contribution in [2.24, 2.45) is 0 Å². The van der Waals surface area contributed by atoms with E-state index in [4.69, 9.17) is 0 Å². The molecule has 1 heterocycles. The summed E-state index contributed by atoms with van der Waals surface area (Å²) in [6.45, 7) is 3.55. The van der Waals surface area contributed by atoms with Crippen LogP contribution in [0.1, 0.15) is 24.5 Å². The molecule has 148 valence electrons. The summed E-state index contributed by atoms with van der Waals surface area (Å²) in [6.07, 6.45) is 1.75. The molecule has 0 bridgehead atoms. The van der Waals surface area contributed by atoms with Gasteiger partial charge in [-0.15, -0.1) is 0 Å². The molecular weight excluding hydrogens is 357 g/mol. The molecule has 0 spiro atoms. The number of urea groups is 1. The van der Waals surface area contributed by atoms with Gasteiger partial charge in [0.2, 0.25) is 5.91 Å². The lowest BCUT2D eigenvalue weighted by Crippen LogP contribution is -2.42. The van der Waals surface area contributed by atoms with Gasteiger partial charge in [-0.2, -0.15) is 0 Å². The highest BCUT2D eigenvalue weighted by Crippen LogP contribution is 2.14. The fourth-order valence-corrected chi connectivity index (χ4v) is 3.33. The highest BCUT2D eigenvalue weighted by atomic mass is 19.1. The minimum absolute atomic E-state index is 0.0423. The number of aryl methyl sites for hydroxylation is 1. The molecule has 2 aromatic carbocycles. The summed E-state index contributed by atoms with van der Waals surface area (Å²) in [4.78, 5) is 28.0. The Morgan fingerprint density at radius 3 is 2.43 bits per heavy atom. The molecule has 28 heavy (non-hydrogen) atoms. The molecule has 1 fully saturated rings. The molecule has 5 nitrogen and oxygen atoms in total. The minimum Gasteiger partial charge on any atom is -0.352 e. The van der Waals surface area contributed by atoms with Crippen LogP contribution in [0.15, 0.2) is 54.6 Å². The van der Waals surface area contributed by atoms with Crippen molar-refractivity contribution in [2.45, 2.75) is 32.4 Å². The molecule has 2 aromatic rings. The van der Waals surface area contributed by atoms with E-state index in [0.29, 0.717) is 19.6 Å². The Labute approximate surface area is 165 Å². The fraction of sp³-hybridized carbons (Fsp3) is 0.364. The summed E-state index contributed by atoms with van der Waals surface area (Å²) in [6, 6.07) is 16.2. The van der Waals surface area contributed by atoms with Crippen LogP contribution in [0, 0.1) is 5.82 Å². The average molecular weight is 383 g/mol. The molecule has 1 aliphatic heterocycles. The average Bonchev–Trinajstić information content (AvgIpc) is 3.02. The zero-order chi connectivity index (χ0) is 19.9. The zero-order valence-corrected chi connectivity index (χ0v) is 16.1. The molecule has 1 saturated heterocycles. The van der Waals surface area contributed by atoms with Crippen molar-refractivity contribution in [3.8, 4) is 0 Å². The molecule has 0 saturated carbocycles. The summed E-state index contributed by atoms with van der Waals surface area (Å²) in [5.41, 5.74) is 2.12. The SMILES string of the molecule is CC(CCc1ccccc1)NC(=O)CN1CCN(Cc2ccc(F)cc2)C1=O. The lowest BCUT2D eigenvalue weighted by atomic mass is 10.1. The number of halogens is 1. The maximum Gasteiger partial charge on any atom is 0.320 e. The molecule has 1 aliphatic rings. The third-order valence-electron chi connectivity index (χ3n) is 4.92. The van der Waals surface area contributed by atoms with E-state index >= 15 is 0 Å². The molecule has 3 rings (SSSR count). The number of benzene rings is 2. The molecule has 1 N–H and O–H groups in total. The third-order valence-corrected chi connectivity index (χ3v) is 4.92. The van der Waals surface area contributed by atoms with Crippen LogP contribution in [0.4, 0.5) is 9.18 Å². The van der Waals surface area contributed by atoms with Crippen LogP contribution >= 0.6 is 0 Å². The van der Waals surface area contributed by atoms with Crippen molar-refractivity contribution in [2.75, 3.05) is 19.6 Å². The largest absolute Gasteiger partial charge is 0.352 e. The van der Waals surface area contributed by atoms with Gasteiger partial charge in [0.15, 0.2) is 0 Å². The van der Waals surface area contributed by atoms with Gasteiger partial charge < -0.3 is 15.1 Å². The van der Waals surface area contributed by atoms with Crippen LogP contribution in [-0.4, -0.2) is 47.4 Å². The Bertz CT molecular complexity index is 795. The predicted octanol–water partition coefficient (Wildman–Crippen LogP) is 3.20. The van der Waals surface area contributed by atoms with Crippen LogP contribution in [0.2, 0.25) is 0 Å². The molecule has 6 heteroatoms. The smallest absolute Gasteiger partial charge is 0.320 e. The molecule has 1 atom stereocenters. The highest BCUT2D eigenvalue weighted by molar-refractivity contribution is 5.85. The van der Waals surface area contributed by atoms with Gasteiger partial charge in [0.1, 0.15) is 12.4 Å². The standard InChI is InChI=1S/C22H26FN3O2/c1-17(7-8-18-5-3-2-4-6-18)24-21(27)16-26-14-13-25(22(26)28)15-19-9-11-20(23)12-10-19/h2-6,9-12,17H,7-8,13-16H2,1H3,(H,24,27). The highest BCUT2D eigenvalue weighted by Gasteiger charge is 2.29. The summed E-state index contributed by atoms with van der Waals surface area (Å²) in [5.74, 6) is -0.436. The first kappa shape index (κ1) is 19.9. The number of amides is 3. The number of nitrogens with zero attached hydrogens (tertiary/aromatic N) is 2. The summed E-state index contributed by atoms with van der Waals surface area (Å²) in [5, 5.41) is 2.98. The zero-order valence-electron chi connectivity index (χ0n) is 16.1. The van der Waals surface area contributed by atoms with Gasteiger partial charge in [-0.3, -0.25) is 4.79 Å². The molecular formula is C22H26FN3O2. The van der Waals surface area contributed by atoms with Gasteiger partial charge >= 0.3 is 6.03 Å². The summed E-state index contributed by atoms with van der Waals surface area (Å²) < 4.78 is 13.0. The van der Waals surface area contributed by atoms with Crippen molar-refractivity contribution >= 4 is 11.9 Å². The van der Waals surface area contributed by atoms with Gasteiger partial charge in [0.05, 0.1) is 0 Å². The number of carbonyl (C=O) groups excluding carboxylic acids is 2. The van der Waals surface area contributed by atoms with E-state index in [1.165, 1.54) is 17.7 Å². The van der Waals surface area contributed by atoms with Crippen molar-refractivity contribution < 1.29 is 14.0 Å². The van der Waals surface area contributed by atoms with Crippen molar-refractivity contribution in [1.82, 2.24) is 15.1 Å². The Balaban J connectivity index is 1.42. The minimum atomic E-state index is -0.295. The number of carbonyl (C=O) groups is 2. The number of rotatable bonds is 8. The molecule has 3 amide bonds. The van der Waals surface area contributed by atoms with Crippen LogP contribution in [0.3, 0.4) is 0 Å². The van der Waals surface area contributed by atoms with E-state index in [2.05, 4.69) is 17.4 Å². The lowest BCUT2D eigenvalue weighted by Gasteiger charge is -2.20. The van der Waals surface area contributed by atoms with E-state index in [-0.39, 0.29) is 30.3 Å². The molecule has 1 unspecified atom stereocenters. The third kappa shape index (κ3) is 5.55. The van der Waals surface area contributed by atoms with Gasteiger partial charge in [-0.1, -0.05) is 42.5 Å². The quantitative estimate of drug-likeness (QED) is 0.761. The Morgan fingerprint density at radius 1 is 1.04 bits per heavy atom.